The Morgan fingerprint density at radius 2 is 2.12 bits per heavy atom. The first kappa shape index (κ1) is 18.0. The van der Waals surface area contributed by atoms with Gasteiger partial charge in [0, 0.05) is 18.8 Å². The predicted octanol–water partition coefficient (Wildman–Crippen LogP) is 2.02. The van der Waals surface area contributed by atoms with Crippen molar-refractivity contribution in [3.63, 3.8) is 0 Å². The lowest BCUT2D eigenvalue weighted by atomic mass is 10.1. The number of aromatic nitrogens is 4. The standard InChI is InChI=1S/C15H16F3N5O3/c1-9-6-12-22(5-2-11(15(16,17)18)23(12)20-9)14(26)10-7-19-21(8-10)4-3-13(24)25/h6-8,11H,2-5H2,1H3,(H,24,25). The molecule has 0 saturated carbocycles. The van der Waals surface area contributed by atoms with Gasteiger partial charge in [0.15, 0.2) is 6.04 Å². The van der Waals surface area contributed by atoms with Gasteiger partial charge in [-0.15, -0.1) is 0 Å². The van der Waals surface area contributed by atoms with Crippen LogP contribution in [-0.4, -0.2) is 49.3 Å². The first-order valence-corrected chi connectivity index (χ1v) is 7.86. The maximum absolute atomic E-state index is 13.2. The van der Waals surface area contributed by atoms with Gasteiger partial charge in [0.2, 0.25) is 0 Å². The maximum atomic E-state index is 13.2. The summed E-state index contributed by atoms with van der Waals surface area (Å²) in [6.45, 7) is 1.55. The summed E-state index contributed by atoms with van der Waals surface area (Å²) >= 11 is 0. The monoisotopic (exact) mass is 371 g/mol. The number of carboxylic acids is 1. The van der Waals surface area contributed by atoms with E-state index in [1.807, 2.05) is 0 Å². The van der Waals surface area contributed by atoms with Crippen molar-refractivity contribution >= 4 is 17.7 Å². The molecular weight excluding hydrogens is 355 g/mol. The minimum atomic E-state index is -4.45. The molecule has 1 unspecified atom stereocenters. The number of alkyl halides is 3. The van der Waals surface area contributed by atoms with E-state index in [0.717, 1.165) is 4.68 Å². The lowest BCUT2D eigenvalue weighted by molar-refractivity contribution is -0.172. The molecule has 0 aliphatic carbocycles. The molecule has 3 rings (SSSR count). The normalized spacial score (nSPS) is 17.2. The van der Waals surface area contributed by atoms with Gasteiger partial charge in [-0.3, -0.25) is 19.2 Å². The average molecular weight is 371 g/mol. The van der Waals surface area contributed by atoms with E-state index in [4.69, 9.17) is 5.11 Å². The average Bonchev–Trinajstić information content (AvgIpc) is 3.15. The third-order valence-corrected chi connectivity index (χ3v) is 4.09. The number of carbonyl (C=O) groups excluding carboxylic acids is 1. The van der Waals surface area contributed by atoms with Gasteiger partial charge in [0.1, 0.15) is 5.82 Å². The van der Waals surface area contributed by atoms with Gasteiger partial charge in [0.05, 0.1) is 30.4 Å². The van der Waals surface area contributed by atoms with Crippen molar-refractivity contribution in [2.24, 2.45) is 0 Å². The summed E-state index contributed by atoms with van der Waals surface area (Å²) in [5.74, 6) is -1.42. The molecule has 0 aromatic carbocycles. The fraction of sp³-hybridized carbons (Fsp3) is 0.467. The van der Waals surface area contributed by atoms with Crippen molar-refractivity contribution in [1.29, 1.82) is 0 Å². The van der Waals surface area contributed by atoms with Crippen molar-refractivity contribution in [3.05, 3.63) is 29.7 Å². The van der Waals surface area contributed by atoms with Crippen LogP contribution in [-0.2, 0) is 11.3 Å². The number of hydrogen-bond donors (Lipinski definition) is 1. The summed E-state index contributed by atoms with van der Waals surface area (Å²) in [5, 5.41) is 16.5. The highest BCUT2D eigenvalue weighted by atomic mass is 19.4. The molecular formula is C15H16F3N5O3. The zero-order chi connectivity index (χ0) is 19.1. The Bertz CT molecular complexity index is 842. The van der Waals surface area contributed by atoms with Crippen molar-refractivity contribution < 1.29 is 27.9 Å². The van der Waals surface area contributed by atoms with Crippen molar-refractivity contribution in [3.8, 4) is 0 Å². The second-order valence-electron chi connectivity index (χ2n) is 6.03. The summed E-state index contributed by atoms with van der Waals surface area (Å²) < 4.78 is 41.8. The summed E-state index contributed by atoms with van der Waals surface area (Å²) in [6, 6.07) is -0.335. The quantitative estimate of drug-likeness (QED) is 0.888. The minimum Gasteiger partial charge on any atom is -0.481 e. The number of hydrogen-bond acceptors (Lipinski definition) is 4. The van der Waals surface area contributed by atoms with Crippen LogP contribution in [0.3, 0.4) is 0 Å². The highest BCUT2D eigenvalue weighted by Crippen LogP contribution is 2.39. The van der Waals surface area contributed by atoms with E-state index < -0.39 is 24.1 Å². The molecule has 0 fully saturated rings. The summed E-state index contributed by atoms with van der Waals surface area (Å²) in [5.41, 5.74) is 0.553. The second kappa shape index (κ2) is 6.46. The Labute approximate surface area is 145 Å². The van der Waals surface area contributed by atoms with Crippen molar-refractivity contribution in [2.75, 3.05) is 11.4 Å². The van der Waals surface area contributed by atoms with E-state index in [-0.39, 0.29) is 37.3 Å². The Morgan fingerprint density at radius 1 is 1.38 bits per heavy atom. The molecule has 2 aromatic rings. The lowest BCUT2D eigenvalue weighted by Gasteiger charge is -2.33. The van der Waals surface area contributed by atoms with Crippen LogP contribution in [0, 0.1) is 6.92 Å². The molecule has 26 heavy (non-hydrogen) atoms. The summed E-state index contributed by atoms with van der Waals surface area (Å²) in [4.78, 5) is 24.5. The van der Waals surface area contributed by atoms with E-state index >= 15 is 0 Å². The van der Waals surface area contributed by atoms with Crippen LogP contribution in [0.2, 0.25) is 0 Å². The zero-order valence-corrected chi connectivity index (χ0v) is 13.8. The number of rotatable bonds is 4. The zero-order valence-electron chi connectivity index (χ0n) is 13.8. The van der Waals surface area contributed by atoms with E-state index in [1.165, 1.54) is 28.0 Å². The van der Waals surface area contributed by atoms with Gasteiger partial charge in [-0.2, -0.15) is 23.4 Å². The Kier molecular flexibility index (Phi) is 4.46. The van der Waals surface area contributed by atoms with Crippen LogP contribution in [0.15, 0.2) is 18.5 Å². The van der Waals surface area contributed by atoms with Gasteiger partial charge < -0.3 is 5.11 Å². The molecule has 0 saturated heterocycles. The lowest BCUT2D eigenvalue weighted by Crippen LogP contribution is -2.43. The Morgan fingerprint density at radius 3 is 2.77 bits per heavy atom. The van der Waals surface area contributed by atoms with Crippen LogP contribution in [0.5, 0.6) is 0 Å². The van der Waals surface area contributed by atoms with Crippen molar-refractivity contribution in [1.82, 2.24) is 19.6 Å². The van der Waals surface area contributed by atoms with E-state index in [9.17, 15) is 22.8 Å². The third-order valence-electron chi connectivity index (χ3n) is 4.09. The van der Waals surface area contributed by atoms with Gasteiger partial charge >= 0.3 is 12.1 Å². The number of fused-ring (bicyclic) bond motifs is 1. The Balaban J connectivity index is 1.85. The smallest absolute Gasteiger partial charge is 0.410 e. The first-order chi connectivity index (χ1) is 12.2. The second-order valence-corrected chi connectivity index (χ2v) is 6.03. The minimum absolute atomic E-state index is 0.0827. The molecule has 1 atom stereocenters. The van der Waals surface area contributed by atoms with Crippen LogP contribution >= 0.6 is 0 Å². The highest BCUT2D eigenvalue weighted by molar-refractivity contribution is 6.05. The number of amides is 1. The number of anilines is 1. The molecule has 3 heterocycles. The predicted molar refractivity (Wildman–Crippen MR) is 82.8 cm³/mol. The molecule has 0 spiro atoms. The first-order valence-electron chi connectivity index (χ1n) is 7.86. The third kappa shape index (κ3) is 3.41. The van der Waals surface area contributed by atoms with Crippen LogP contribution < -0.4 is 4.90 Å². The Hall–Kier alpha value is -2.85. The SMILES string of the molecule is Cc1cc2n(n1)C(C(F)(F)F)CCN2C(=O)c1cnn(CCC(=O)O)c1. The molecule has 2 aromatic heterocycles. The van der Waals surface area contributed by atoms with Gasteiger partial charge in [0.25, 0.3) is 5.91 Å². The van der Waals surface area contributed by atoms with Crippen LogP contribution in [0.1, 0.15) is 34.9 Å². The highest BCUT2D eigenvalue weighted by Gasteiger charge is 2.46. The van der Waals surface area contributed by atoms with Gasteiger partial charge in [-0.05, 0) is 13.3 Å². The number of carbonyl (C=O) groups is 2. The number of nitrogens with zero attached hydrogens (tertiary/aromatic N) is 5. The number of halogens is 3. The largest absolute Gasteiger partial charge is 0.481 e. The topological polar surface area (TPSA) is 93.3 Å². The molecule has 0 radical (unpaired) electrons. The molecule has 8 nitrogen and oxygen atoms in total. The molecule has 1 N–H and O–H groups in total. The fourth-order valence-corrected chi connectivity index (χ4v) is 2.89. The molecule has 1 aliphatic heterocycles. The number of aryl methyl sites for hydroxylation is 2. The fourth-order valence-electron chi connectivity index (χ4n) is 2.89. The van der Waals surface area contributed by atoms with Crippen LogP contribution in [0.4, 0.5) is 19.0 Å². The molecule has 1 aliphatic rings. The van der Waals surface area contributed by atoms with E-state index in [1.54, 1.807) is 6.92 Å². The number of carboxylic acid groups (broad SMARTS) is 1. The van der Waals surface area contributed by atoms with Gasteiger partial charge in [-0.25, -0.2) is 4.68 Å². The van der Waals surface area contributed by atoms with Crippen LogP contribution in [0.25, 0.3) is 0 Å². The number of aliphatic carboxylic acids is 1. The molecule has 0 bridgehead atoms. The summed E-state index contributed by atoms with van der Waals surface area (Å²) in [7, 11) is 0. The van der Waals surface area contributed by atoms with Crippen molar-refractivity contribution in [2.45, 2.75) is 38.5 Å². The summed E-state index contributed by atoms with van der Waals surface area (Å²) in [6.07, 6.45) is -2.25. The molecule has 140 valence electrons. The molecule has 11 heteroatoms. The maximum Gasteiger partial charge on any atom is 0.410 e. The van der Waals surface area contributed by atoms with E-state index in [2.05, 4.69) is 10.2 Å². The van der Waals surface area contributed by atoms with E-state index in [0.29, 0.717) is 5.69 Å². The molecule has 1 amide bonds. The van der Waals surface area contributed by atoms with Gasteiger partial charge in [-0.1, -0.05) is 0 Å².